The predicted molar refractivity (Wildman–Crippen MR) is 93.0 cm³/mol. The Balaban J connectivity index is 0.000000704. The molecule has 0 spiro atoms. The standard InChI is InChI=1S/C17H32.2CHNO/c1-3-17(4-2,15-11-7-5-8-12-15)16-13-9-6-10-14-16;2*2-1-3/h15-16H,3-14H2,1-2H3;2*2H. The molecule has 0 aromatic rings. The number of isocyanates is 2. The third-order valence-corrected chi connectivity index (χ3v) is 6.15. The van der Waals surface area contributed by atoms with E-state index in [0.717, 1.165) is 29.4 Å². The van der Waals surface area contributed by atoms with Gasteiger partial charge in [-0.25, -0.2) is 20.4 Å². The van der Waals surface area contributed by atoms with Crippen molar-refractivity contribution in [3.8, 4) is 0 Å². The van der Waals surface area contributed by atoms with E-state index in [-0.39, 0.29) is 0 Å². The van der Waals surface area contributed by atoms with Crippen molar-refractivity contribution in [3.63, 3.8) is 0 Å². The molecule has 2 aliphatic carbocycles. The maximum atomic E-state index is 8.35. The van der Waals surface area contributed by atoms with Gasteiger partial charge in [-0.05, 0) is 55.8 Å². The molecular weight excluding hydrogens is 288 g/mol. The van der Waals surface area contributed by atoms with E-state index in [1.807, 2.05) is 0 Å². The SMILES string of the molecule is CCC(CC)(C1CCCCC1)C1CCCCC1.N=C=O.N=C=O. The summed E-state index contributed by atoms with van der Waals surface area (Å²) in [7, 11) is 0. The van der Waals surface area contributed by atoms with E-state index in [4.69, 9.17) is 20.4 Å². The second kappa shape index (κ2) is 13.2. The molecule has 0 unspecified atom stereocenters. The van der Waals surface area contributed by atoms with Crippen LogP contribution < -0.4 is 0 Å². The average Bonchev–Trinajstić information content (AvgIpc) is 2.60. The fourth-order valence-electron chi connectivity index (χ4n) is 5.09. The highest BCUT2D eigenvalue weighted by atomic mass is 16.1. The summed E-state index contributed by atoms with van der Waals surface area (Å²) < 4.78 is 0. The second-order valence-corrected chi connectivity index (χ2v) is 6.81. The van der Waals surface area contributed by atoms with Gasteiger partial charge in [0.2, 0.25) is 12.2 Å². The lowest BCUT2D eigenvalue weighted by atomic mass is 9.56. The first-order valence-electron chi connectivity index (χ1n) is 9.24. The Morgan fingerprint density at radius 3 is 1.22 bits per heavy atom. The Labute approximate surface area is 141 Å². The van der Waals surface area contributed by atoms with Crippen LogP contribution in [0.15, 0.2) is 0 Å². The molecule has 0 aliphatic heterocycles. The zero-order valence-corrected chi connectivity index (χ0v) is 15.0. The number of hydrogen-bond donors (Lipinski definition) is 2. The number of rotatable bonds is 4. The molecule has 2 N–H and O–H groups in total. The van der Waals surface area contributed by atoms with E-state index in [0.29, 0.717) is 0 Å². The van der Waals surface area contributed by atoms with Crippen molar-refractivity contribution >= 4 is 12.2 Å². The molecule has 4 heteroatoms. The Morgan fingerprint density at radius 1 is 0.739 bits per heavy atom. The molecule has 2 fully saturated rings. The van der Waals surface area contributed by atoms with Gasteiger partial charge in [-0.1, -0.05) is 52.4 Å². The van der Waals surface area contributed by atoms with Crippen LogP contribution in [0, 0.1) is 28.1 Å². The normalized spacial score (nSPS) is 19.2. The molecule has 0 atom stereocenters. The molecule has 2 saturated carbocycles. The molecule has 2 rings (SSSR count). The fraction of sp³-hybridized carbons (Fsp3) is 0.895. The van der Waals surface area contributed by atoms with E-state index >= 15 is 0 Å². The topological polar surface area (TPSA) is 81.8 Å². The first kappa shape index (κ1) is 21.8. The molecule has 0 aromatic heterocycles. The molecule has 132 valence electrons. The van der Waals surface area contributed by atoms with E-state index in [1.165, 1.54) is 77.0 Å². The lowest BCUT2D eigenvalue weighted by Crippen LogP contribution is -2.39. The van der Waals surface area contributed by atoms with Gasteiger partial charge < -0.3 is 0 Å². The molecule has 0 saturated heterocycles. The van der Waals surface area contributed by atoms with Gasteiger partial charge in [0.15, 0.2) is 0 Å². The molecule has 0 aromatic carbocycles. The fourth-order valence-corrected chi connectivity index (χ4v) is 5.09. The number of hydrogen-bond acceptors (Lipinski definition) is 4. The lowest BCUT2D eigenvalue weighted by molar-refractivity contribution is 0.0139. The molecule has 0 amide bonds. The maximum absolute atomic E-state index is 8.35. The monoisotopic (exact) mass is 322 g/mol. The number of nitrogens with one attached hydrogen (secondary N) is 2. The minimum absolute atomic E-state index is 0.723. The summed E-state index contributed by atoms with van der Waals surface area (Å²) in [6, 6.07) is 0. The first-order chi connectivity index (χ1) is 11.2. The molecule has 2 aliphatic rings. The summed E-state index contributed by atoms with van der Waals surface area (Å²) >= 11 is 0. The van der Waals surface area contributed by atoms with E-state index < -0.39 is 0 Å². The summed E-state index contributed by atoms with van der Waals surface area (Å²) in [5.41, 5.74) is 0.723. The summed E-state index contributed by atoms with van der Waals surface area (Å²) in [6.07, 6.45) is 19.6. The van der Waals surface area contributed by atoms with Crippen LogP contribution in [-0.2, 0) is 9.59 Å². The molecule has 0 heterocycles. The van der Waals surface area contributed by atoms with Crippen molar-refractivity contribution in [1.29, 1.82) is 10.8 Å². The van der Waals surface area contributed by atoms with E-state index in [2.05, 4.69) is 13.8 Å². The van der Waals surface area contributed by atoms with E-state index in [1.54, 1.807) is 0 Å². The smallest absolute Gasteiger partial charge is 0.222 e. The Hall–Kier alpha value is -1.24. The predicted octanol–water partition coefficient (Wildman–Crippen LogP) is 5.76. The first-order valence-corrected chi connectivity index (χ1v) is 9.24. The van der Waals surface area contributed by atoms with Crippen LogP contribution in [0.3, 0.4) is 0 Å². The van der Waals surface area contributed by atoms with Crippen molar-refractivity contribution in [2.45, 2.75) is 90.9 Å². The van der Waals surface area contributed by atoms with Gasteiger partial charge in [0, 0.05) is 0 Å². The lowest BCUT2D eigenvalue weighted by Gasteiger charge is -2.49. The minimum Gasteiger partial charge on any atom is -0.222 e. The minimum atomic E-state index is 0.723. The molecular formula is C19H34N2O2. The Morgan fingerprint density at radius 2 is 1.00 bits per heavy atom. The molecule has 23 heavy (non-hydrogen) atoms. The van der Waals surface area contributed by atoms with Crippen LogP contribution in [0.4, 0.5) is 0 Å². The zero-order chi connectivity index (χ0) is 17.6. The van der Waals surface area contributed by atoms with Gasteiger partial charge in [0.25, 0.3) is 0 Å². The third kappa shape index (κ3) is 6.81. The van der Waals surface area contributed by atoms with Crippen molar-refractivity contribution < 1.29 is 9.59 Å². The third-order valence-electron chi connectivity index (χ3n) is 6.15. The van der Waals surface area contributed by atoms with Crippen LogP contribution in [0.1, 0.15) is 90.9 Å². The van der Waals surface area contributed by atoms with Crippen LogP contribution >= 0.6 is 0 Å². The van der Waals surface area contributed by atoms with Gasteiger partial charge in [-0.2, -0.15) is 0 Å². The summed E-state index contributed by atoms with van der Waals surface area (Å²) in [5, 5.41) is 10.8. The highest BCUT2D eigenvalue weighted by Gasteiger charge is 2.42. The Bertz CT molecular complexity index is 322. The second-order valence-electron chi connectivity index (χ2n) is 6.81. The van der Waals surface area contributed by atoms with Crippen LogP contribution in [0.25, 0.3) is 0 Å². The zero-order valence-electron chi connectivity index (χ0n) is 15.0. The quantitative estimate of drug-likeness (QED) is 0.510. The van der Waals surface area contributed by atoms with Gasteiger partial charge in [0.05, 0.1) is 0 Å². The van der Waals surface area contributed by atoms with Crippen molar-refractivity contribution in [1.82, 2.24) is 0 Å². The van der Waals surface area contributed by atoms with Crippen LogP contribution in [-0.4, -0.2) is 12.2 Å². The van der Waals surface area contributed by atoms with Crippen molar-refractivity contribution in [3.05, 3.63) is 0 Å². The largest absolute Gasteiger partial charge is 0.231 e. The summed E-state index contributed by atoms with van der Waals surface area (Å²) in [5.74, 6) is 2.13. The highest BCUT2D eigenvalue weighted by Crippen LogP contribution is 2.52. The molecule has 0 radical (unpaired) electrons. The Kier molecular flexibility index (Phi) is 12.5. The summed E-state index contributed by atoms with van der Waals surface area (Å²) in [6.45, 7) is 4.96. The van der Waals surface area contributed by atoms with Gasteiger partial charge in [-0.3, -0.25) is 0 Å². The van der Waals surface area contributed by atoms with Crippen molar-refractivity contribution in [2.75, 3.05) is 0 Å². The van der Waals surface area contributed by atoms with Gasteiger partial charge in [0.1, 0.15) is 0 Å². The van der Waals surface area contributed by atoms with Gasteiger partial charge >= 0.3 is 0 Å². The summed E-state index contributed by atoms with van der Waals surface area (Å²) in [4.78, 5) is 16.7. The van der Waals surface area contributed by atoms with Gasteiger partial charge in [-0.15, -0.1) is 0 Å². The maximum Gasteiger partial charge on any atom is 0.231 e. The number of carbonyl (C=O) groups excluding carboxylic acids is 2. The highest BCUT2D eigenvalue weighted by molar-refractivity contribution is 5.26. The van der Waals surface area contributed by atoms with Crippen molar-refractivity contribution in [2.24, 2.45) is 17.3 Å². The van der Waals surface area contributed by atoms with Crippen LogP contribution in [0.5, 0.6) is 0 Å². The molecule has 4 nitrogen and oxygen atoms in total. The van der Waals surface area contributed by atoms with E-state index in [9.17, 15) is 0 Å². The average molecular weight is 322 g/mol. The van der Waals surface area contributed by atoms with Crippen LogP contribution in [0.2, 0.25) is 0 Å². The molecule has 0 bridgehead atoms.